The zero-order valence-corrected chi connectivity index (χ0v) is 12.9. The van der Waals surface area contributed by atoms with Crippen molar-refractivity contribution in [2.75, 3.05) is 31.1 Å². The molecule has 0 unspecified atom stereocenters. The Morgan fingerprint density at radius 2 is 1.79 bits per heavy atom. The van der Waals surface area contributed by atoms with E-state index in [1.165, 1.54) is 25.7 Å². The highest BCUT2D eigenvalue weighted by atomic mass is 32.2. The number of hydrogen-bond acceptors (Lipinski definition) is 4. The summed E-state index contributed by atoms with van der Waals surface area (Å²) in [6, 6.07) is 0. The van der Waals surface area contributed by atoms with Crippen LogP contribution in [-0.4, -0.2) is 50.0 Å². The third kappa shape index (κ3) is 3.50. The molecule has 112 valence electrons. The number of piperidine rings is 1. The number of hydrogen-bond donors (Lipinski definition) is 1. The minimum Gasteiger partial charge on any atom is -0.329 e. The number of rotatable bonds is 4. The molecule has 2 aliphatic heterocycles. The van der Waals surface area contributed by atoms with Gasteiger partial charge in [-0.1, -0.05) is 19.8 Å². The van der Waals surface area contributed by atoms with Crippen LogP contribution in [0.4, 0.5) is 0 Å². The summed E-state index contributed by atoms with van der Waals surface area (Å²) in [7, 11) is -2.80. The number of nitrogens with zero attached hydrogens (tertiary/aromatic N) is 1. The fraction of sp³-hybridized carbons (Fsp3) is 1.00. The molecular formula is C14H28N2O2S. The Bertz CT molecular complexity index is 372. The molecule has 2 fully saturated rings. The molecular weight excluding hydrogens is 260 g/mol. The van der Waals surface area contributed by atoms with E-state index in [-0.39, 0.29) is 5.54 Å². The molecule has 0 amide bonds. The van der Waals surface area contributed by atoms with E-state index in [9.17, 15) is 8.42 Å². The molecule has 0 radical (unpaired) electrons. The molecule has 0 bridgehead atoms. The van der Waals surface area contributed by atoms with Gasteiger partial charge in [-0.05, 0) is 44.7 Å². The van der Waals surface area contributed by atoms with Crippen molar-refractivity contribution < 1.29 is 8.42 Å². The van der Waals surface area contributed by atoms with Crippen molar-refractivity contribution in [1.82, 2.24) is 4.90 Å². The summed E-state index contributed by atoms with van der Waals surface area (Å²) in [5.41, 5.74) is 5.98. The van der Waals surface area contributed by atoms with Crippen LogP contribution >= 0.6 is 0 Å². The molecule has 2 aliphatic rings. The normalized spacial score (nSPS) is 28.3. The second kappa shape index (κ2) is 6.10. The van der Waals surface area contributed by atoms with Crippen LogP contribution in [-0.2, 0) is 9.84 Å². The van der Waals surface area contributed by atoms with Crippen molar-refractivity contribution >= 4 is 9.84 Å². The molecule has 2 saturated heterocycles. The predicted molar refractivity (Wildman–Crippen MR) is 78.9 cm³/mol. The van der Waals surface area contributed by atoms with Gasteiger partial charge in [-0.2, -0.15) is 0 Å². The average Bonchev–Trinajstić information content (AvgIpc) is 2.41. The quantitative estimate of drug-likeness (QED) is 0.849. The van der Waals surface area contributed by atoms with Crippen molar-refractivity contribution in [2.45, 2.75) is 51.0 Å². The molecule has 0 aromatic heterocycles. The summed E-state index contributed by atoms with van der Waals surface area (Å²) in [4.78, 5) is 2.49. The minimum atomic E-state index is -2.80. The fourth-order valence-electron chi connectivity index (χ4n) is 3.67. The molecule has 4 nitrogen and oxygen atoms in total. The molecule has 19 heavy (non-hydrogen) atoms. The SMILES string of the molecule is CCCC1CCN(C2(CN)CCS(=O)(=O)CC2)CC1. The molecule has 2 heterocycles. The molecule has 0 aromatic rings. The first-order valence-corrected chi connectivity index (χ1v) is 9.49. The largest absolute Gasteiger partial charge is 0.329 e. The van der Waals surface area contributed by atoms with Gasteiger partial charge in [-0.15, -0.1) is 0 Å². The molecule has 2 N–H and O–H groups in total. The molecule has 2 rings (SSSR count). The summed E-state index contributed by atoms with van der Waals surface area (Å²) in [5, 5.41) is 0. The Morgan fingerprint density at radius 3 is 2.26 bits per heavy atom. The lowest BCUT2D eigenvalue weighted by Crippen LogP contribution is -2.59. The number of sulfone groups is 1. The van der Waals surface area contributed by atoms with Gasteiger partial charge < -0.3 is 5.73 Å². The van der Waals surface area contributed by atoms with Gasteiger partial charge in [0.05, 0.1) is 11.5 Å². The average molecular weight is 288 g/mol. The molecule has 5 heteroatoms. The van der Waals surface area contributed by atoms with E-state index in [1.807, 2.05) is 0 Å². The Kier molecular flexibility index (Phi) is 4.90. The van der Waals surface area contributed by atoms with Gasteiger partial charge in [0.15, 0.2) is 0 Å². The first-order chi connectivity index (χ1) is 9.01. The second-order valence-electron chi connectivity index (χ2n) is 6.30. The topological polar surface area (TPSA) is 63.4 Å². The van der Waals surface area contributed by atoms with Gasteiger partial charge in [0.1, 0.15) is 9.84 Å². The smallest absolute Gasteiger partial charge is 0.150 e. The number of nitrogens with two attached hydrogens (primary N) is 1. The predicted octanol–water partition coefficient (Wildman–Crippen LogP) is 1.40. The van der Waals surface area contributed by atoms with E-state index in [0.717, 1.165) is 31.8 Å². The van der Waals surface area contributed by atoms with Gasteiger partial charge in [0, 0.05) is 12.1 Å². The third-order valence-corrected chi connectivity index (χ3v) is 6.77. The molecule has 0 aromatic carbocycles. The van der Waals surface area contributed by atoms with Crippen LogP contribution in [0.15, 0.2) is 0 Å². The van der Waals surface area contributed by atoms with Crippen LogP contribution in [0.25, 0.3) is 0 Å². The molecule has 0 atom stereocenters. The lowest BCUT2D eigenvalue weighted by Gasteiger charge is -2.48. The lowest BCUT2D eigenvalue weighted by molar-refractivity contribution is 0.0452. The Morgan fingerprint density at radius 1 is 1.21 bits per heavy atom. The molecule has 0 saturated carbocycles. The van der Waals surface area contributed by atoms with Crippen molar-refractivity contribution in [1.29, 1.82) is 0 Å². The third-order valence-electron chi connectivity index (χ3n) is 5.12. The summed E-state index contributed by atoms with van der Waals surface area (Å²) < 4.78 is 23.2. The first-order valence-electron chi connectivity index (χ1n) is 7.67. The first kappa shape index (κ1) is 15.3. The van der Waals surface area contributed by atoms with Crippen LogP contribution in [0.1, 0.15) is 45.4 Å². The van der Waals surface area contributed by atoms with Crippen LogP contribution in [0.3, 0.4) is 0 Å². The van der Waals surface area contributed by atoms with Gasteiger partial charge in [-0.25, -0.2) is 8.42 Å². The van der Waals surface area contributed by atoms with Gasteiger partial charge >= 0.3 is 0 Å². The van der Waals surface area contributed by atoms with Crippen LogP contribution in [0.2, 0.25) is 0 Å². The van der Waals surface area contributed by atoms with Crippen LogP contribution in [0.5, 0.6) is 0 Å². The Balaban J connectivity index is 1.96. The van der Waals surface area contributed by atoms with Crippen LogP contribution < -0.4 is 5.73 Å². The van der Waals surface area contributed by atoms with Crippen molar-refractivity contribution in [3.8, 4) is 0 Å². The second-order valence-corrected chi connectivity index (χ2v) is 8.60. The highest BCUT2D eigenvalue weighted by Gasteiger charge is 2.41. The van der Waals surface area contributed by atoms with E-state index in [4.69, 9.17) is 5.73 Å². The zero-order valence-electron chi connectivity index (χ0n) is 12.1. The van der Waals surface area contributed by atoms with E-state index in [2.05, 4.69) is 11.8 Å². The van der Waals surface area contributed by atoms with Gasteiger partial charge in [0.25, 0.3) is 0 Å². The Hall–Kier alpha value is -0.130. The standard InChI is InChI=1S/C14H28N2O2S/c1-2-3-13-4-8-16(9-5-13)14(12-15)6-10-19(17,18)11-7-14/h13H,2-12,15H2,1H3. The van der Waals surface area contributed by atoms with E-state index < -0.39 is 9.84 Å². The molecule has 0 spiro atoms. The van der Waals surface area contributed by atoms with Crippen LogP contribution in [0, 0.1) is 5.92 Å². The highest BCUT2D eigenvalue weighted by Crippen LogP contribution is 2.33. The summed E-state index contributed by atoms with van der Waals surface area (Å²) in [6.45, 7) is 5.05. The maximum absolute atomic E-state index is 11.6. The number of likely N-dealkylation sites (tertiary alicyclic amines) is 1. The Labute approximate surface area is 117 Å². The van der Waals surface area contributed by atoms with Gasteiger partial charge in [0.2, 0.25) is 0 Å². The maximum Gasteiger partial charge on any atom is 0.150 e. The monoisotopic (exact) mass is 288 g/mol. The lowest BCUT2D eigenvalue weighted by atomic mass is 9.85. The zero-order chi connectivity index (χ0) is 13.9. The fourth-order valence-corrected chi connectivity index (χ4v) is 5.26. The summed E-state index contributed by atoms with van der Waals surface area (Å²) in [6.07, 6.45) is 6.56. The highest BCUT2D eigenvalue weighted by molar-refractivity contribution is 7.91. The van der Waals surface area contributed by atoms with E-state index >= 15 is 0 Å². The van der Waals surface area contributed by atoms with E-state index in [1.54, 1.807) is 0 Å². The van der Waals surface area contributed by atoms with Gasteiger partial charge in [-0.3, -0.25) is 4.90 Å². The van der Waals surface area contributed by atoms with E-state index in [0.29, 0.717) is 18.1 Å². The summed E-state index contributed by atoms with van der Waals surface area (Å²) >= 11 is 0. The van der Waals surface area contributed by atoms with Crippen molar-refractivity contribution in [3.05, 3.63) is 0 Å². The maximum atomic E-state index is 11.6. The van der Waals surface area contributed by atoms with Crippen molar-refractivity contribution in [2.24, 2.45) is 11.7 Å². The minimum absolute atomic E-state index is 0.0392. The van der Waals surface area contributed by atoms with Crippen molar-refractivity contribution in [3.63, 3.8) is 0 Å². The summed E-state index contributed by atoms with van der Waals surface area (Å²) in [5.74, 6) is 1.50. The molecule has 0 aliphatic carbocycles.